The summed E-state index contributed by atoms with van der Waals surface area (Å²) in [6, 6.07) is 2.12. The van der Waals surface area contributed by atoms with E-state index in [0.717, 1.165) is 6.61 Å². The molecule has 2 aliphatic rings. The number of likely N-dealkylation sites (tertiary alicyclic amines) is 1. The number of nitrogens with one attached hydrogen (secondary N) is 1. The van der Waals surface area contributed by atoms with Gasteiger partial charge in [-0.25, -0.2) is 0 Å². The van der Waals surface area contributed by atoms with Crippen LogP contribution in [0.1, 0.15) is 47.0 Å². The maximum absolute atomic E-state index is 5.85. The Hall–Kier alpha value is -0.120. The highest BCUT2D eigenvalue weighted by molar-refractivity contribution is 5.05. The van der Waals surface area contributed by atoms with Crippen LogP contribution in [0.3, 0.4) is 0 Å². The van der Waals surface area contributed by atoms with Crippen molar-refractivity contribution < 1.29 is 4.74 Å². The molecule has 4 atom stereocenters. The fourth-order valence-electron chi connectivity index (χ4n) is 3.83. The zero-order valence-corrected chi connectivity index (χ0v) is 12.7. The second-order valence-corrected chi connectivity index (χ2v) is 6.61. The summed E-state index contributed by atoms with van der Waals surface area (Å²) in [5.74, 6) is 0. The van der Waals surface area contributed by atoms with Gasteiger partial charge in [-0.3, -0.25) is 4.90 Å². The molecule has 3 nitrogen and oxygen atoms in total. The lowest BCUT2D eigenvalue weighted by molar-refractivity contribution is -0.161. The van der Waals surface area contributed by atoms with Crippen molar-refractivity contribution in [1.82, 2.24) is 10.2 Å². The first-order valence-corrected chi connectivity index (χ1v) is 7.55. The summed E-state index contributed by atoms with van der Waals surface area (Å²) in [5, 5.41) is 3.43. The van der Waals surface area contributed by atoms with Crippen LogP contribution in [0.2, 0.25) is 0 Å². The van der Waals surface area contributed by atoms with Gasteiger partial charge in [0, 0.05) is 36.7 Å². The topological polar surface area (TPSA) is 24.5 Å². The Morgan fingerprint density at radius 2 is 2.06 bits per heavy atom. The zero-order chi connectivity index (χ0) is 13.3. The highest BCUT2D eigenvalue weighted by atomic mass is 16.5. The summed E-state index contributed by atoms with van der Waals surface area (Å²) in [7, 11) is 2.09. The molecule has 3 heteroatoms. The van der Waals surface area contributed by atoms with Crippen molar-refractivity contribution >= 4 is 0 Å². The van der Waals surface area contributed by atoms with Gasteiger partial charge in [0.1, 0.15) is 0 Å². The predicted octanol–water partition coefficient (Wildman–Crippen LogP) is 2.26. The molecule has 0 bridgehead atoms. The minimum Gasteiger partial charge on any atom is -0.378 e. The van der Waals surface area contributed by atoms with E-state index in [0.29, 0.717) is 29.6 Å². The number of ether oxygens (including phenoxy) is 1. The summed E-state index contributed by atoms with van der Waals surface area (Å²) in [6.07, 6.45) is 4.24. The van der Waals surface area contributed by atoms with Crippen molar-refractivity contribution in [2.24, 2.45) is 5.41 Å². The maximum atomic E-state index is 5.85. The third-order valence-electron chi connectivity index (χ3n) is 5.23. The molecule has 0 aromatic rings. The number of piperidine rings is 1. The molecule has 1 aliphatic heterocycles. The Balaban J connectivity index is 1.94. The Labute approximate surface area is 112 Å². The molecule has 0 aromatic carbocycles. The second kappa shape index (κ2) is 5.48. The normalized spacial score (nSPS) is 40.5. The van der Waals surface area contributed by atoms with Crippen LogP contribution in [0.15, 0.2) is 0 Å². The molecule has 1 saturated heterocycles. The second-order valence-electron chi connectivity index (χ2n) is 6.61. The van der Waals surface area contributed by atoms with E-state index >= 15 is 0 Å². The Morgan fingerprint density at radius 3 is 2.56 bits per heavy atom. The summed E-state index contributed by atoms with van der Waals surface area (Å²) < 4.78 is 5.85. The van der Waals surface area contributed by atoms with E-state index in [9.17, 15) is 0 Å². The van der Waals surface area contributed by atoms with E-state index in [4.69, 9.17) is 4.74 Å². The monoisotopic (exact) mass is 254 g/mol. The van der Waals surface area contributed by atoms with Gasteiger partial charge < -0.3 is 10.1 Å². The molecule has 0 aromatic heterocycles. The lowest BCUT2D eigenvalue weighted by Gasteiger charge is -2.58. The smallest absolute Gasteiger partial charge is 0.0655 e. The molecule has 2 fully saturated rings. The minimum atomic E-state index is 0.316. The highest BCUT2D eigenvalue weighted by Gasteiger charge is 2.52. The number of rotatable bonds is 4. The summed E-state index contributed by atoms with van der Waals surface area (Å²) >= 11 is 0. The molecular formula is C15H30N2O. The molecule has 0 radical (unpaired) electrons. The minimum absolute atomic E-state index is 0.316. The quantitative estimate of drug-likeness (QED) is 0.833. The van der Waals surface area contributed by atoms with Gasteiger partial charge in [0.25, 0.3) is 0 Å². The van der Waals surface area contributed by atoms with Gasteiger partial charge in [-0.05, 0) is 40.2 Å². The molecule has 0 amide bonds. The molecule has 1 heterocycles. The predicted molar refractivity (Wildman–Crippen MR) is 75.8 cm³/mol. The maximum Gasteiger partial charge on any atom is 0.0655 e. The summed E-state index contributed by atoms with van der Waals surface area (Å²) in [4.78, 5) is 2.73. The van der Waals surface area contributed by atoms with E-state index in [-0.39, 0.29) is 0 Å². The highest BCUT2D eigenvalue weighted by Crippen LogP contribution is 2.47. The first kappa shape index (κ1) is 14.3. The van der Waals surface area contributed by atoms with Crippen LogP contribution in [0.5, 0.6) is 0 Å². The van der Waals surface area contributed by atoms with Crippen molar-refractivity contribution in [2.45, 2.75) is 71.2 Å². The van der Waals surface area contributed by atoms with E-state index in [1.807, 2.05) is 0 Å². The molecule has 4 unspecified atom stereocenters. The van der Waals surface area contributed by atoms with E-state index in [1.165, 1.54) is 25.8 Å². The zero-order valence-electron chi connectivity index (χ0n) is 12.7. The summed E-state index contributed by atoms with van der Waals surface area (Å²) in [6.45, 7) is 11.3. The molecule has 1 saturated carbocycles. The number of nitrogens with zero attached hydrogens (tertiary/aromatic N) is 1. The largest absolute Gasteiger partial charge is 0.378 e. The Morgan fingerprint density at radius 1 is 1.33 bits per heavy atom. The van der Waals surface area contributed by atoms with Gasteiger partial charge in [0.05, 0.1) is 6.10 Å². The SMILES string of the molecule is CCOC1CC(N2CCC(NC)CC2C)C1(C)C. The molecule has 106 valence electrons. The summed E-state index contributed by atoms with van der Waals surface area (Å²) in [5.41, 5.74) is 0.316. The van der Waals surface area contributed by atoms with Crippen molar-refractivity contribution in [3.05, 3.63) is 0 Å². The molecule has 18 heavy (non-hydrogen) atoms. The third kappa shape index (κ3) is 2.45. The molecule has 1 N–H and O–H groups in total. The van der Waals surface area contributed by atoms with E-state index in [2.05, 4.69) is 45.0 Å². The molecule has 2 rings (SSSR count). The fraction of sp³-hybridized carbons (Fsp3) is 1.00. The van der Waals surface area contributed by atoms with Gasteiger partial charge in [-0.2, -0.15) is 0 Å². The van der Waals surface area contributed by atoms with Crippen molar-refractivity contribution in [1.29, 1.82) is 0 Å². The molecule has 1 aliphatic carbocycles. The van der Waals surface area contributed by atoms with Gasteiger partial charge in [0.2, 0.25) is 0 Å². The van der Waals surface area contributed by atoms with Crippen LogP contribution in [0, 0.1) is 5.41 Å². The molecular weight excluding hydrogens is 224 g/mol. The van der Waals surface area contributed by atoms with E-state index < -0.39 is 0 Å². The fourth-order valence-corrected chi connectivity index (χ4v) is 3.83. The van der Waals surface area contributed by atoms with E-state index in [1.54, 1.807) is 0 Å². The van der Waals surface area contributed by atoms with Gasteiger partial charge in [-0.15, -0.1) is 0 Å². The van der Waals surface area contributed by atoms with Gasteiger partial charge in [-0.1, -0.05) is 13.8 Å². The van der Waals surface area contributed by atoms with Crippen LogP contribution >= 0.6 is 0 Å². The molecule has 0 spiro atoms. The van der Waals surface area contributed by atoms with Gasteiger partial charge in [0.15, 0.2) is 0 Å². The first-order chi connectivity index (χ1) is 8.50. The van der Waals surface area contributed by atoms with Crippen molar-refractivity contribution in [3.8, 4) is 0 Å². The third-order valence-corrected chi connectivity index (χ3v) is 5.23. The van der Waals surface area contributed by atoms with Crippen molar-refractivity contribution in [2.75, 3.05) is 20.2 Å². The Kier molecular flexibility index (Phi) is 4.35. The van der Waals surface area contributed by atoms with Crippen LogP contribution < -0.4 is 5.32 Å². The van der Waals surface area contributed by atoms with Crippen LogP contribution in [0.25, 0.3) is 0 Å². The standard InChI is InChI=1S/C15H30N2O/c1-6-18-14-10-13(15(14,3)4)17-8-7-12(16-5)9-11(17)2/h11-14,16H,6-10H2,1-5H3. The van der Waals surface area contributed by atoms with Crippen LogP contribution in [-0.2, 0) is 4.74 Å². The van der Waals surface area contributed by atoms with Crippen LogP contribution in [-0.4, -0.2) is 49.3 Å². The van der Waals surface area contributed by atoms with Crippen LogP contribution in [0.4, 0.5) is 0 Å². The average Bonchev–Trinajstić information content (AvgIpc) is 2.35. The Bertz CT molecular complexity index is 278. The first-order valence-electron chi connectivity index (χ1n) is 7.55. The number of hydrogen-bond acceptors (Lipinski definition) is 3. The lowest BCUT2D eigenvalue weighted by atomic mass is 9.63. The lowest BCUT2D eigenvalue weighted by Crippen LogP contribution is -2.65. The van der Waals surface area contributed by atoms with Gasteiger partial charge >= 0.3 is 0 Å². The average molecular weight is 254 g/mol. The van der Waals surface area contributed by atoms with Crippen molar-refractivity contribution in [3.63, 3.8) is 0 Å². The number of hydrogen-bond donors (Lipinski definition) is 1.